The Balaban J connectivity index is 2.74. The van der Waals surface area contributed by atoms with E-state index >= 15 is 0 Å². The number of carbonyl (C=O) groups is 2. The van der Waals surface area contributed by atoms with Gasteiger partial charge in [0.15, 0.2) is 6.29 Å². The van der Waals surface area contributed by atoms with E-state index in [9.17, 15) is 23.1 Å². The van der Waals surface area contributed by atoms with Gasteiger partial charge in [0.2, 0.25) is 5.91 Å². The summed E-state index contributed by atoms with van der Waals surface area (Å²) in [5.74, 6) is -1.37. The minimum Gasteiger partial charge on any atom is -0.427 e. The fourth-order valence-corrected chi connectivity index (χ4v) is 2.48. The molecule has 140 valence electrons. The lowest BCUT2D eigenvalue weighted by atomic mass is 10.1. The Kier molecular flexibility index (Phi) is 7.97. The quantitative estimate of drug-likeness (QED) is 0.269. The Morgan fingerprint density at radius 1 is 1.20 bits per heavy atom. The van der Waals surface area contributed by atoms with Gasteiger partial charge in [-0.1, -0.05) is 12.1 Å². The molecule has 0 saturated heterocycles. The predicted molar refractivity (Wildman–Crippen MR) is 87.1 cm³/mol. The highest BCUT2D eigenvalue weighted by Gasteiger charge is 2.22. The monoisotopic (exact) mass is 375 g/mol. The fraction of sp³-hybridized carbons (Fsp3) is 0.467. The number of amides is 1. The van der Waals surface area contributed by atoms with Crippen LogP contribution in [0.3, 0.4) is 0 Å². The lowest BCUT2D eigenvalue weighted by molar-refractivity contribution is -0.134. The molecule has 0 aliphatic rings. The first-order valence-electron chi connectivity index (χ1n) is 7.25. The first kappa shape index (κ1) is 21.0. The Labute approximate surface area is 146 Å². The van der Waals surface area contributed by atoms with Crippen molar-refractivity contribution in [2.45, 2.75) is 25.7 Å². The van der Waals surface area contributed by atoms with E-state index in [-0.39, 0.29) is 18.1 Å². The third-order valence-corrected chi connectivity index (χ3v) is 4.38. The largest absolute Gasteiger partial charge is 0.427 e. The maximum absolute atomic E-state index is 11.6. The molecule has 2 unspecified atom stereocenters. The van der Waals surface area contributed by atoms with Gasteiger partial charge in [-0.3, -0.25) is 13.8 Å². The smallest absolute Gasteiger partial charge is 0.312 e. The van der Waals surface area contributed by atoms with Crippen LogP contribution in [0.15, 0.2) is 24.3 Å². The molecule has 1 amide bonds. The van der Waals surface area contributed by atoms with Crippen molar-refractivity contribution < 1.29 is 36.8 Å². The van der Waals surface area contributed by atoms with Gasteiger partial charge in [-0.15, -0.1) is 0 Å². The molecule has 2 atom stereocenters. The summed E-state index contributed by atoms with van der Waals surface area (Å²) in [4.78, 5) is 22.9. The number of ether oxygens (including phenoxy) is 2. The Morgan fingerprint density at radius 2 is 1.80 bits per heavy atom. The molecule has 25 heavy (non-hydrogen) atoms. The lowest BCUT2D eigenvalue weighted by Gasteiger charge is -2.22. The van der Waals surface area contributed by atoms with E-state index in [0.29, 0.717) is 5.56 Å². The molecule has 10 heteroatoms. The average molecular weight is 375 g/mol. The molecule has 1 aromatic carbocycles. The molecule has 9 nitrogen and oxygen atoms in total. The zero-order chi connectivity index (χ0) is 19.0. The van der Waals surface area contributed by atoms with E-state index in [0.717, 1.165) is 7.11 Å². The zero-order valence-corrected chi connectivity index (χ0v) is 14.9. The number of esters is 1. The molecule has 0 radical (unpaired) electrons. The van der Waals surface area contributed by atoms with Crippen LogP contribution in [-0.2, 0) is 28.6 Å². The normalized spacial score (nSPS) is 13.8. The van der Waals surface area contributed by atoms with Crippen LogP contribution >= 0.6 is 0 Å². The zero-order valence-electron chi connectivity index (χ0n) is 14.1. The summed E-state index contributed by atoms with van der Waals surface area (Å²) < 4.78 is 36.4. The molecule has 0 saturated carbocycles. The highest BCUT2D eigenvalue weighted by atomic mass is 32.2. The SMILES string of the molecule is COC(O)C(NC(C)=O)c1ccc(OC(=O)CCS(=O)(=O)OC)cc1. The van der Waals surface area contributed by atoms with E-state index in [2.05, 4.69) is 9.50 Å². The second kappa shape index (κ2) is 9.47. The molecule has 0 bridgehead atoms. The highest BCUT2D eigenvalue weighted by molar-refractivity contribution is 7.86. The number of nitrogens with one attached hydrogen (secondary N) is 1. The molecule has 1 aromatic rings. The van der Waals surface area contributed by atoms with Gasteiger partial charge in [0.25, 0.3) is 10.1 Å². The summed E-state index contributed by atoms with van der Waals surface area (Å²) in [5, 5.41) is 12.4. The summed E-state index contributed by atoms with van der Waals surface area (Å²) >= 11 is 0. The minimum absolute atomic E-state index is 0.192. The van der Waals surface area contributed by atoms with E-state index in [1.54, 1.807) is 0 Å². The van der Waals surface area contributed by atoms with Crippen molar-refractivity contribution in [1.82, 2.24) is 5.32 Å². The van der Waals surface area contributed by atoms with Crippen LogP contribution in [0.25, 0.3) is 0 Å². The van der Waals surface area contributed by atoms with Crippen LogP contribution in [0.2, 0.25) is 0 Å². The van der Waals surface area contributed by atoms with E-state index in [1.165, 1.54) is 38.3 Å². The molecule has 1 rings (SSSR count). The molecule has 0 aliphatic carbocycles. The van der Waals surface area contributed by atoms with E-state index < -0.39 is 34.2 Å². The van der Waals surface area contributed by atoms with E-state index in [1.807, 2.05) is 0 Å². The third-order valence-electron chi connectivity index (χ3n) is 3.17. The maximum Gasteiger partial charge on any atom is 0.312 e. The van der Waals surface area contributed by atoms with Crippen LogP contribution < -0.4 is 10.1 Å². The first-order chi connectivity index (χ1) is 11.7. The molecule has 2 N–H and O–H groups in total. The van der Waals surface area contributed by atoms with Crippen LogP contribution in [0.5, 0.6) is 5.75 Å². The van der Waals surface area contributed by atoms with Gasteiger partial charge in [-0.2, -0.15) is 8.42 Å². The van der Waals surface area contributed by atoms with Crippen LogP contribution in [0.4, 0.5) is 0 Å². The second-order valence-electron chi connectivity index (χ2n) is 5.03. The van der Waals surface area contributed by atoms with Gasteiger partial charge in [0, 0.05) is 14.0 Å². The standard InChI is InChI=1S/C15H21NO8S/c1-10(17)16-14(15(19)22-2)11-4-6-12(7-5-11)24-13(18)8-9-25(20,21)23-3/h4-7,14-15,19H,8-9H2,1-3H3,(H,16,17). The first-order valence-corrected chi connectivity index (χ1v) is 8.83. The summed E-state index contributed by atoms with van der Waals surface area (Å²) in [5.41, 5.74) is 0.534. The van der Waals surface area contributed by atoms with Crippen molar-refractivity contribution in [2.24, 2.45) is 0 Å². The number of benzene rings is 1. The van der Waals surface area contributed by atoms with Crippen LogP contribution in [0.1, 0.15) is 24.9 Å². The third kappa shape index (κ3) is 7.18. The summed E-state index contributed by atoms with van der Waals surface area (Å²) in [6.45, 7) is 1.31. The fourth-order valence-electron chi connectivity index (χ4n) is 1.89. The van der Waals surface area contributed by atoms with Crippen molar-refractivity contribution >= 4 is 22.0 Å². The number of aliphatic hydroxyl groups excluding tert-OH is 1. The summed E-state index contributed by atoms with van der Waals surface area (Å²) in [6, 6.07) is 5.19. The molecular formula is C15H21NO8S. The van der Waals surface area contributed by atoms with Crippen molar-refractivity contribution in [3.8, 4) is 5.75 Å². The van der Waals surface area contributed by atoms with E-state index in [4.69, 9.17) is 9.47 Å². The van der Waals surface area contributed by atoms with Gasteiger partial charge in [0.05, 0.1) is 19.3 Å². The topological polar surface area (TPSA) is 128 Å². The minimum atomic E-state index is -3.73. The Hall–Kier alpha value is -2.01. The van der Waals surface area contributed by atoms with Gasteiger partial charge < -0.3 is 19.9 Å². The lowest BCUT2D eigenvalue weighted by Crippen LogP contribution is -2.35. The number of carbonyl (C=O) groups excluding carboxylic acids is 2. The summed E-state index contributed by atoms with van der Waals surface area (Å²) in [7, 11) is -1.42. The average Bonchev–Trinajstić information content (AvgIpc) is 2.58. The summed E-state index contributed by atoms with van der Waals surface area (Å²) in [6.07, 6.45) is -1.61. The number of hydrogen-bond acceptors (Lipinski definition) is 8. The van der Waals surface area contributed by atoms with Gasteiger partial charge in [-0.05, 0) is 17.7 Å². The number of methoxy groups -OCH3 is 1. The molecule has 0 fully saturated rings. The number of rotatable bonds is 9. The van der Waals surface area contributed by atoms with Crippen molar-refractivity contribution in [3.05, 3.63) is 29.8 Å². The van der Waals surface area contributed by atoms with Gasteiger partial charge >= 0.3 is 5.97 Å². The highest BCUT2D eigenvalue weighted by Crippen LogP contribution is 2.21. The maximum atomic E-state index is 11.6. The molecule has 0 aromatic heterocycles. The van der Waals surface area contributed by atoms with Gasteiger partial charge in [-0.25, -0.2) is 0 Å². The van der Waals surface area contributed by atoms with Crippen LogP contribution in [0, 0.1) is 0 Å². The van der Waals surface area contributed by atoms with Gasteiger partial charge in [0.1, 0.15) is 11.8 Å². The van der Waals surface area contributed by atoms with Crippen molar-refractivity contribution in [3.63, 3.8) is 0 Å². The second-order valence-corrected chi connectivity index (χ2v) is 6.88. The number of hydrogen-bond donors (Lipinski definition) is 2. The molecule has 0 aliphatic heterocycles. The molecular weight excluding hydrogens is 354 g/mol. The predicted octanol–water partition coefficient (Wildman–Crippen LogP) is 0.100. The van der Waals surface area contributed by atoms with Crippen molar-refractivity contribution in [2.75, 3.05) is 20.0 Å². The van der Waals surface area contributed by atoms with Crippen molar-refractivity contribution in [1.29, 1.82) is 0 Å². The Bertz CT molecular complexity index is 686. The molecule has 0 heterocycles. The molecule has 0 spiro atoms. The Morgan fingerprint density at radius 3 is 2.28 bits per heavy atom. The van der Waals surface area contributed by atoms with Crippen LogP contribution in [-0.4, -0.2) is 51.7 Å². The number of aliphatic hydroxyl groups is 1.